The summed E-state index contributed by atoms with van der Waals surface area (Å²) in [6, 6.07) is -5.43. The van der Waals surface area contributed by atoms with Crippen molar-refractivity contribution in [2.75, 3.05) is 5.75 Å². The predicted molar refractivity (Wildman–Crippen MR) is 114 cm³/mol. The van der Waals surface area contributed by atoms with E-state index in [4.69, 9.17) is 15.9 Å². The highest BCUT2D eigenvalue weighted by molar-refractivity contribution is 7.80. The van der Waals surface area contributed by atoms with Gasteiger partial charge in [-0.2, -0.15) is 12.6 Å². The number of hydrogen-bond acceptors (Lipinski definition) is 8. The maximum atomic E-state index is 12.7. The maximum Gasteiger partial charge on any atom is 0.326 e. The van der Waals surface area contributed by atoms with Gasteiger partial charge in [0.05, 0.1) is 12.5 Å². The standard InChI is InChI=1S/C18H30N4O9S/c1-3-8(2)14(17(29)20-10(18(30)31)4-5-12(23)24)22-16(28)11(6-13(25)26)21-15(27)9(19)7-32/h8-11,14,32H,3-7,19H2,1-2H3,(H,20,29)(H,21,27)(H,22,28)(H,23,24)(H,25,26)(H,30,31). The number of aliphatic carboxylic acids is 3. The second kappa shape index (κ2) is 14.2. The molecule has 5 unspecified atom stereocenters. The Balaban J connectivity index is 5.54. The zero-order valence-electron chi connectivity index (χ0n) is 17.7. The van der Waals surface area contributed by atoms with E-state index in [1.807, 2.05) is 0 Å². The van der Waals surface area contributed by atoms with Crippen molar-refractivity contribution in [1.29, 1.82) is 0 Å². The van der Waals surface area contributed by atoms with E-state index in [1.54, 1.807) is 13.8 Å². The van der Waals surface area contributed by atoms with Gasteiger partial charge in [0.2, 0.25) is 17.7 Å². The highest BCUT2D eigenvalue weighted by Crippen LogP contribution is 2.10. The van der Waals surface area contributed by atoms with E-state index < -0.39 is 78.6 Å². The predicted octanol–water partition coefficient (Wildman–Crippen LogP) is -1.83. The fourth-order valence-electron chi connectivity index (χ4n) is 2.49. The third kappa shape index (κ3) is 10.4. The summed E-state index contributed by atoms with van der Waals surface area (Å²) in [7, 11) is 0. The van der Waals surface area contributed by atoms with E-state index in [1.165, 1.54) is 0 Å². The Labute approximate surface area is 189 Å². The molecule has 8 N–H and O–H groups in total. The molecule has 0 rings (SSSR count). The molecule has 0 aliphatic heterocycles. The van der Waals surface area contributed by atoms with Crippen molar-refractivity contribution < 1.29 is 44.1 Å². The first-order valence-corrected chi connectivity index (χ1v) is 10.4. The number of amides is 3. The highest BCUT2D eigenvalue weighted by Gasteiger charge is 2.33. The van der Waals surface area contributed by atoms with Crippen LogP contribution in [0.4, 0.5) is 0 Å². The van der Waals surface area contributed by atoms with Crippen LogP contribution >= 0.6 is 12.6 Å². The van der Waals surface area contributed by atoms with Gasteiger partial charge in [0.1, 0.15) is 18.1 Å². The van der Waals surface area contributed by atoms with Crippen molar-refractivity contribution in [3.8, 4) is 0 Å². The molecule has 0 saturated carbocycles. The van der Waals surface area contributed by atoms with Crippen molar-refractivity contribution in [1.82, 2.24) is 16.0 Å². The largest absolute Gasteiger partial charge is 0.481 e. The highest BCUT2D eigenvalue weighted by atomic mass is 32.1. The van der Waals surface area contributed by atoms with Gasteiger partial charge in [0.15, 0.2) is 0 Å². The molecule has 0 aromatic heterocycles. The Hall–Kier alpha value is -2.87. The molecule has 0 aromatic rings. The summed E-state index contributed by atoms with van der Waals surface area (Å²) in [6.07, 6.45) is -1.29. The molecule has 0 fully saturated rings. The summed E-state index contributed by atoms with van der Waals surface area (Å²) in [6.45, 7) is 3.30. The summed E-state index contributed by atoms with van der Waals surface area (Å²) < 4.78 is 0. The van der Waals surface area contributed by atoms with Crippen molar-refractivity contribution >= 4 is 48.3 Å². The average molecular weight is 479 g/mol. The lowest BCUT2D eigenvalue weighted by molar-refractivity contribution is -0.144. The van der Waals surface area contributed by atoms with Gasteiger partial charge in [-0.1, -0.05) is 20.3 Å². The first kappa shape index (κ1) is 29.1. The summed E-state index contributed by atoms with van der Waals surface area (Å²) in [5.74, 6) is -7.34. The first-order chi connectivity index (χ1) is 14.8. The van der Waals surface area contributed by atoms with E-state index >= 15 is 0 Å². The monoisotopic (exact) mass is 478 g/mol. The number of rotatable bonds is 15. The maximum absolute atomic E-state index is 12.7. The molecule has 0 aliphatic rings. The van der Waals surface area contributed by atoms with Gasteiger partial charge < -0.3 is 37.0 Å². The molecule has 3 amide bonds. The molecule has 5 atom stereocenters. The van der Waals surface area contributed by atoms with Gasteiger partial charge in [-0.25, -0.2) is 4.79 Å². The van der Waals surface area contributed by atoms with Gasteiger partial charge in [0, 0.05) is 12.2 Å². The Bertz CT molecular complexity index is 719. The number of thiol groups is 1. The quantitative estimate of drug-likeness (QED) is 0.123. The average Bonchev–Trinajstić information content (AvgIpc) is 2.71. The number of nitrogens with two attached hydrogens (primary N) is 1. The number of carboxylic acids is 3. The van der Waals surface area contributed by atoms with Gasteiger partial charge in [0.25, 0.3) is 0 Å². The fourth-order valence-corrected chi connectivity index (χ4v) is 2.65. The number of nitrogens with one attached hydrogen (secondary N) is 3. The Kier molecular flexibility index (Phi) is 13.0. The summed E-state index contributed by atoms with van der Waals surface area (Å²) >= 11 is 3.86. The van der Waals surface area contributed by atoms with Crippen LogP contribution in [0.3, 0.4) is 0 Å². The number of hydrogen-bond donors (Lipinski definition) is 8. The number of carbonyl (C=O) groups excluding carboxylic acids is 3. The van der Waals surface area contributed by atoms with Crippen LogP contribution in [0.15, 0.2) is 0 Å². The molecule has 0 aliphatic carbocycles. The van der Waals surface area contributed by atoms with Crippen molar-refractivity contribution in [3.05, 3.63) is 0 Å². The number of carboxylic acid groups (broad SMARTS) is 3. The number of carbonyl (C=O) groups is 6. The SMILES string of the molecule is CCC(C)C(NC(=O)C(CC(=O)O)NC(=O)C(N)CS)C(=O)NC(CCC(=O)O)C(=O)O. The molecule has 182 valence electrons. The second-order valence-electron chi connectivity index (χ2n) is 7.15. The third-order valence-corrected chi connectivity index (χ3v) is 4.99. The van der Waals surface area contributed by atoms with Crippen molar-refractivity contribution in [2.45, 2.75) is 63.7 Å². The van der Waals surface area contributed by atoms with Gasteiger partial charge >= 0.3 is 17.9 Å². The molecule has 0 spiro atoms. The van der Waals surface area contributed by atoms with Crippen LogP contribution < -0.4 is 21.7 Å². The zero-order chi connectivity index (χ0) is 25.0. The molecule has 0 bridgehead atoms. The fraction of sp³-hybridized carbons (Fsp3) is 0.667. The molecule has 14 heteroatoms. The summed E-state index contributed by atoms with van der Waals surface area (Å²) in [5, 5.41) is 33.8. The molecular weight excluding hydrogens is 448 g/mol. The van der Waals surface area contributed by atoms with Crippen molar-refractivity contribution in [3.63, 3.8) is 0 Å². The smallest absolute Gasteiger partial charge is 0.326 e. The van der Waals surface area contributed by atoms with E-state index in [0.29, 0.717) is 6.42 Å². The van der Waals surface area contributed by atoms with E-state index in [0.717, 1.165) is 0 Å². The zero-order valence-corrected chi connectivity index (χ0v) is 18.6. The lowest BCUT2D eigenvalue weighted by Crippen LogP contribution is -2.59. The van der Waals surface area contributed by atoms with Gasteiger partial charge in [-0.05, 0) is 12.3 Å². The first-order valence-electron chi connectivity index (χ1n) is 9.77. The minimum atomic E-state index is -1.55. The summed E-state index contributed by atoms with van der Waals surface area (Å²) in [4.78, 5) is 70.5. The molecule has 32 heavy (non-hydrogen) atoms. The Morgan fingerprint density at radius 3 is 1.88 bits per heavy atom. The van der Waals surface area contributed by atoms with E-state index in [-0.39, 0.29) is 12.2 Å². The molecular formula is C18H30N4O9S. The Morgan fingerprint density at radius 2 is 1.44 bits per heavy atom. The minimum absolute atomic E-state index is 0.0575. The molecule has 0 radical (unpaired) electrons. The van der Waals surface area contributed by atoms with Crippen LogP contribution in [0.25, 0.3) is 0 Å². The Morgan fingerprint density at radius 1 is 0.875 bits per heavy atom. The van der Waals surface area contributed by atoms with Gasteiger partial charge in [-0.15, -0.1) is 0 Å². The lowest BCUT2D eigenvalue weighted by Gasteiger charge is -2.27. The molecule has 0 saturated heterocycles. The minimum Gasteiger partial charge on any atom is -0.481 e. The van der Waals surface area contributed by atoms with E-state index in [9.17, 15) is 33.9 Å². The van der Waals surface area contributed by atoms with Crippen LogP contribution in [0.2, 0.25) is 0 Å². The summed E-state index contributed by atoms with van der Waals surface area (Å²) in [5.41, 5.74) is 5.52. The van der Waals surface area contributed by atoms with Crippen LogP contribution in [0.1, 0.15) is 39.5 Å². The van der Waals surface area contributed by atoms with Crippen LogP contribution in [-0.4, -0.2) is 80.9 Å². The van der Waals surface area contributed by atoms with Crippen LogP contribution in [0, 0.1) is 5.92 Å². The second-order valence-corrected chi connectivity index (χ2v) is 7.52. The topological polar surface area (TPSA) is 225 Å². The molecule has 13 nitrogen and oxygen atoms in total. The lowest BCUT2D eigenvalue weighted by atomic mass is 9.97. The molecule has 0 aromatic carbocycles. The normalized spacial score (nSPS) is 15.4. The van der Waals surface area contributed by atoms with E-state index in [2.05, 4.69) is 28.6 Å². The molecule has 0 heterocycles. The van der Waals surface area contributed by atoms with Crippen LogP contribution in [0.5, 0.6) is 0 Å². The van der Waals surface area contributed by atoms with Crippen LogP contribution in [-0.2, 0) is 28.8 Å². The van der Waals surface area contributed by atoms with Gasteiger partial charge in [-0.3, -0.25) is 24.0 Å². The third-order valence-electron chi connectivity index (χ3n) is 4.60. The van der Waals surface area contributed by atoms with Crippen molar-refractivity contribution in [2.24, 2.45) is 11.7 Å².